The lowest BCUT2D eigenvalue weighted by Gasteiger charge is -2.17. The minimum Gasteiger partial charge on any atom is -0.457 e. The first-order valence-electron chi connectivity index (χ1n) is 8.95. The number of carbonyl (C=O) groups is 2. The Morgan fingerprint density at radius 3 is 2.50 bits per heavy atom. The molecule has 30 heavy (non-hydrogen) atoms. The highest BCUT2D eigenvalue weighted by Crippen LogP contribution is 2.42. The van der Waals surface area contributed by atoms with Crippen molar-refractivity contribution in [2.75, 3.05) is 0 Å². The Balaban J connectivity index is 1.59. The summed E-state index contributed by atoms with van der Waals surface area (Å²) < 4.78 is 75.5. The van der Waals surface area contributed by atoms with Crippen LogP contribution in [0.3, 0.4) is 0 Å². The maximum atomic E-state index is 13.3. The molecule has 1 heterocycles. The van der Waals surface area contributed by atoms with E-state index in [0.717, 1.165) is 17.2 Å². The molecule has 0 spiro atoms. The molecule has 158 valence electrons. The van der Waals surface area contributed by atoms with E-state index >= 15 is 0 Å². The van der Waals surface area contributed by atoms with Gasteiger partial charge in [-0.25, -0.2) is 13.6 Å². The molecule has 0 radical (unpaired) electrons. The number of benzene rings is 2. The summed E-state index contributed by atoms with van der Waals surface area (Å²) in [6.07, 6.45) is -8.58. The van der Waals surface area contributed by atoms with Gasteiger partial charge in [-0.05, 0) is 54.3 Å². The number of imide groups is 1. The Kier molecular flexibility index (Phi) is 4.87. The summed E-state index contributed by atoms with van der Waals surface area (Å²) in [5.74, 6) is -1.08. The molecule has 1 aliphatic carbocycles. The molecule has 4 rings (SSSR count). The Morgan fingerprint density at radius 1 is 1.10 bits per heavy atom. The van der Waals surface area contributed by atoms with Gasteiger partial charge in [-0.2, -0.15) is 13.2 Å². The van der Waals surface area contributed by atoms with E-state index in [1.54, 1.807) is 12.1 Å². The third-order valence-corrected chi connectivity index (χ3v) is 5.12. The second-order valence-corrected chi connectivity index (χ2v) is 6.97. The summed E-state index contributed by atoms with van der Waals surface area (Å²) in [6.45, 7) is 0. The summed E-state index contributed by atoms with van der Waals surface area (Å²) in [7, 11) is 0. The van der Waals surface area contributed by atoms with E-state index in [-0.39, 0.29) is 17.4 Å². The molecule has 0 saturated carbocycles. The second-order valence-electron chi connectivity index (χ2n) is 6.97. The molecule has 2 aliphatic rings. The number of ether oxygens (including phenoxy) is 2. The van der Waals surface area contributed by atoms with Crippen LogP contribution in [-0.2, 0) is 22.1 Å². The normalized spacial score (nSPS) is 20.9. The van der Waals surface area contributed by atoms with Crippen LogP contribution in [0.4, 0.5) is 26.7 Å². The lowest BCUT2D eigenvalue weighted by Crippen LogP contribution is -2.28. The molecular formula is C20H14F5NO4. The third-order valence-electron chi connectivity index (χ3n) is 5.12. The molecule has 10 heteroatoms. The van der Waals surface area contributed by atoms with Gasteiger partial charge in [0.05, 0.1) is 11.1 Å². The number of nitrogens with one attached hydrogen (secondary N) is 1. The van der Waals surface area contributed by atoms with Crippen LogP contribution in [-0.4, -0.2) is 18.1 Å². The largest absolute Gasteiger partial charge is 0.457 e. The monoisotopic (exact) mass is 427 g/mol. The minimum absolute atomic E-state index is 0.170. The molecule has 2 aromatic carbocycles. The van der Waals surface area contributed by atoms with Gasteiger partial charge in [-0.3, -0.25) is 10.1 Å². The molecule has 2 atom stereocenters. The molecule has 1 fully saturated rings. The summed E-state index contributed by atoms with van der Waals surface area (Å²) in [4.78, 5) is 23.1. The first kappa shape index (κ1) is 20.1. The predicted molar refractivity (Wildman–Crippen MR) is 92.4 cm³/mol. The van der Waals surface area contributed by atoms with E-state index in [2.05, 4.69) is 5.32 Å². The van der Waals surface area contributed by atoms with Crippen molar-refractivity contribution < 1.29 is 41.0 Å². The van der Waals surface area contributed by atoms with Crippen LogP contribution < -0.4 is 10.1 Å². The van der Waals surface area contributed by atoms with Gasteiger partial charge in [-0.1, -0.05) is 6.07 Å². The lowest BCUT2D eigenvalue weighted by molar-refractivity contribution is -0.137. The van der Waals surface area contributed by atoms with Gasteiger partial charge in [0.1, 0.15) is 11.5 Å². The van der Waals surface area contributed by atoms with Gasteiger partial charge in [0.15, 0.2) is 6.10 Å². The van der Waals surface area contributed by atoms with Gasteiger partial charge in [0, 0.05) is 5.92 Å². The number of hydrogen-bond acceptors (Lipinski definition) is 4. The highest BCUT2D eigenvalue weighted by molar-refractivity contribution is 6.00. The number of halogens is 5. The van der Waals surface area contributed by atoms with Crippen LogP contribution in [0.1, 0.15) is 41.0 Å². The molecule has 0 aromatic heterocycles. The zero-order valence-corrected chi connectivity index (χ0v) is 15.1. The fraction of sp³-hybridized carbons (Fsp3) is 0.300. The molecule has 2 aromatic rings. The van der Waals surface area contributed by atoms with Crippen LogP contribution in [0, 0.1) is 0 Å². The van der Waals surface area contributed by atoms with Gasteiger partial charge in [-0.15, -0.1) is 0 Å². The number of amides is 2. The Hall–Kier alpha value is -3.17. The maximum Gasteiger partial charge on any atom is 0.416 e. The number of alkyl carbamates (subject to hydrolysis) is 1. The van der Waals surface area contributed by atoms with Gasteiger partial charge >= 0.3 is 12.3 Å². The first-order valence-corrected chi connectivity index (χ1v) is 8.95. The predicted octanol–water partition coefficient (Wildman–Crippen LogP) is 5.10. The fourth-order valence-electron chi connectivity index (χ4n) is 3.75. The standard InChI is InChI=1S/C20H14F5NO4/c21-17(22)14-8-10(20(23,24)25)2-6-15(14)29-11-3-5-12-9(7-11)1-4-13(12)16-18(27)26-19(28)30-16/h2-3,5-8,13,16-17H,1,4H2,(H,26,27,28)/t13-,16+/m1/s1. The Labute approximate surface area is 166 Å². The van der Waals surface area contributed by atoms with Gasteiger partial charge in [0.2, 0.25) is 0 Å². The number of fused-ring (bicyclic) bond motifs is 1. The van der Waals surface area contributed by atoms with E-state index in [1.165, 1.54) is 6.07 Å². The van der Waals surface area contributed by atoms with Crippen molar-refractivity contribution in [3.8, 4) is 11.5 Å². The first-order chi connectivity index (χ1) is 14.1. The maximum absolute atomic E-state index is 13.3. The van der Waals surface area contributed by atoms with Crippen molar-refractivity contribution >= 4 is 12.0 Å². The van der Waals surface area contributed by atoms with Crippen molar-refractivity contribution in [2.45, 2.75) is 37.5 Å². The molecule has 0 unspecified atom stereocenters. The molecule has 1 N–H and O–H groups in total. The average Bonchev–Trinajstić information content (AvgIpc) is 3.22. The van der Waals surface area contributed by atoms with Crippen LogP contribution >= 0.6 is 0 Å². The molecule has 2 amide bonds. The van der Waals surface area contributed by atoms with E-state index in [9.17, 15) is 31.5 Å². The van der Waals surface area contributed by atoms with Crippen LogP contribution in [0.25, 0.3) is 0 Å². The van der Waals surface area contributed by atoms with Crippen molar-refractivity contribution in [3.05, 3.63) is 58.7 Å². The van der Waals surface area contributed by atoms with Crippen LogP contribution in [0.2, 0.25) is 0 Å². The van der Waals surface area contributed by atoms with E-state index in [4.69, 9.17) is 9.47 Å². The number of rotatable bonds is 4. The molecule has 1 aliphatic heterocycles. The van der Waals surface area contributed by atoms with Gasteiger partial charge < -0.3 is 9.47 Å². The van der Waals surface area contributed by atoms with Crippen molar-refractivity contribution in [2.24, 2.45) is 0 Å². The summed E-state index contributed by atoms with van der Waals surface area (Å²) in [5.41, 5.74) is -0.512. The highest BCUT2D eigenvalue weighted by Gasteiger charge is 2.42. The zero-order valence-electron chi connectivity index (χ0n) is 15.1. The smallest absolute Gasteiger partial charge is 0.416 e. The molecular weight excluding hydrogens is 413 g/mol. The highest BCUT2D eigenvalue weighted by atomic mass is 19.4. The van der Waals surface area contributed by atoms with Crippen molar-refractivity contribution in [3.63, 3.8) is 0 Å². The van der Waals surface area contributed by atoms with E-state index in [1.807, 2.05) is 0 Å². The summed E-state index contributed by atoms with van der Waals surface area (Å²) in [5, 5.41) is 2.07. The summed E-state index contributed by atoms with van der Waals surface area (Å²) >= 11 is 0. The topological polar surface area (TPSA) is 64.6 Å². The van der Waals surface area contributed by atoms with Gasteiger partial charge in [0.25, 0.3) is 12.3 Å². The number of carbonyl (C=O) groups excluding carboxylic acids is 2. The van der Waals surface area contributed by atoms with E-state index in [0.29, 0.717) is 25.0 Å². The van der Waals surface area contributed by atoms with Crippen molar-refractivity contribution in [1.82, 2.24) is 5.32 Å². The van der Waals surface area contributed by atoms with E-state index < -0.39 is 41.8 Å². The Morgan fingerprint density at radius 2 is 1.87 bits per heavy atom. The number of cyclic esters (lactones) is 1. The molecule has 1 saturated heterocycles. The molecule has 5 nitrogen and oxygen atoms in total. The van der Waals surface area contributed by atoms with Crippen LogP contribution in [0.5, 0.6) is 11.5 Å². The quantitative estimate of drug-likeness (QED) is 0.690. The number of aryl methyl sites for hydroxylation is 1. The third kappa shape index (κ3) is 3.69. The fourth-order valence-corrected chi connectivity index (χ4v) is 3.75. The molecule has 0 bridgehead atoms. The average molecular weight is 427 g/mol. The summed E-state index contributed by atoms with van der Waals surface area (Å²) in [6, 6.07) is 6.60. The Bertz CT molecular complexity index is 1020. The zero-order chi connectivity index (χ0) is 21.6. The van der Waals surface area contributed by atoms with Crippen LogP contribution in [0.15, 0.2) is 36.4 Å². The number of hydrogen-bond donors (Lipinski definition) is 1. The lowest BCUT2D eigenvalue weighted by atomic mass is 9.95. The van der Waals surface area contributed by atoms with Crippen molar-refractivity contribution in [1.29, 1.82) is 0 Å². The minimum atomic E-state index is -4.75. The number of alkyl halides is 5. The SMILES string of the molecule is O=C1NC(=O)[C@H]([C@@H]2CCc3cc(Oc4ccc(C(F)(F)F)cc4C(F)F)ccc32)O1. The second kappa shape index (κ2) is 7.26.